The second-order valence-corrected chi connectivity index (χ2v) is 9.06. The number of nitrogens with one attached hydrogen (secondary N) is 1. The lowest BCUT2D eigenvalue weighted by Crippen LogP contribution is -2.33. The molecule has 1 fully saturated rings. The topological polar surface area (TPSA) is 154 Å². The van der Waals surface area contributed by atoms with Crippen molar-refractivity contribution in [2.24, 2.45) is 0 Å². The van der Waals surface area contributed by atoms with Crippen molar-refractivity contribution < 1.29 is 4.52 Å². The maximum Gasteiger partial charge on any atom is 0.324 e. The Bertz CT molecular complexity index is 1480. The molecule has 0 aliphatic carbocycles. The number of tetrazole rings is 1. The molecule has 0 unspecified atom stereocenters. The van der Waals surface area contributed by atoms with Gasteiger partial charge >= 0.3 is 6.01 Å². The van der Waals surface area contributed by atoms with E-state index in [4.69, 9.17) is 4.52 Å². The summed E-state index contributed by atoms with van der Waals surface area (Å²) >= 11 is 0. The number of fused-ring (bicyclic) bond motifs is 1. The second-order valence-electron chi connectivity index (χ2n) is 9.06. The van der Waals surface area contributed by atoms with Crippen molar-refractivity contribution in [3.8, 4) is 5.82 Å². The highest BCUT2D eigenvalue weighted by molar-refractivity contribution is 5.70. The molecule has 0 amide bonds. The van der Waals surface area contributed by atoms with E-state index in [0.717, 1.165) is 49.0 Å². The highest BCUT2D eigenvalue weighted by Gasteiger charge is 2.28. The van der Waals surface area contributed by atoms with Crippen molar-refractivity contribution >= 4 is 23.2 Å². The Hall–Kier alpha value is -4.49. The summed E-state index contributed by atoms with van der Waals surface area (Å²) in [5.74, 6) is 3.40. The first-order chi connectivity index (χ1) is 17.6. The van der Waals surface area contributed by atoms with Crippen LogP contribution in [0.1, 0.15) is 55.9 Å². The van der Waals surface area contributed by atoms with Crippen molar-refractivity contribution in [3.63, 3.8) is 0 Å². The van der Waals surface area contributed by atoms with E-state index in [1.165, 1.54) is 11.0 Å². The van der Waals surface area contributed by atoms with Gasteiger partial charge in [-0.05, 0) is 42.3 Å². The van der Waals surface area contributed by atoms with E-state index in [1.54, 1.807) is 6.20 Å². The Morgan fingerprint density at radius 3 is 2.69 bits per heavy atom. The van der Waals surface area contributed by atoms with Gasteiger partial charge in [-0.25, -0.2) is 9.97 Å². The van der Waals surface area contributed by atoms with Crippen LogP contribution < -0.4 is 10.2 Å². The van der Waals surface area contributed by atoms with Gasteiger partial charge in [0.15, 0.2) is 17.5 Å². The van der Waals surface area contributed by atoms with Gasteiger partial charge in [0.1, 0.15) is 12.2 Å². The summed E-state index contributed by atoms with van der Waals surface area (Å²) in [5, 5.41) is 27.6. The molecule has 0 bridgehead atoms. The van der Waals surface area contributed by atoms with Crippen LogP contribution >= 0.6 is 0 Å². The maximum absolute atomic E-state index is 5.47. The van der Waals surface area contributed by atoms with Crippen LogP contribution in [0.3, 0.4) is 0 Å². The van der Waals surface area contributed by atoms with Gasteiger partial charge in [-0.1, -0.05) is 19.0 Å². The third-order valence-electron chi connectivity index (χ3n) is 6.34. The van der Waals surface area contributed by atoms with E-state index in [1.807, 2.05) is 29.7 Å². The molecule has 0 atom stereocenters. The largest absolute Gasteiger partial charge is 0.336 e. The zero-order chi connectivity index (χ0) is 24.6. The van der Waals surface area contributed by atoms with Crippen LogP contribution in [0.15, 0.2) is 35.4 Å². The number of anilines is 3. The van der Waals surface area contributed by atoms with Gasteiger partial charge in [0.05, 0.1) is 11.4 Å². The predicted molar refractivity (Wildman–Crippen MR) is 128 cm³/mol. The van der Waals surface area contributed by atoms with Crippen LogP contribution in [-0.2, 0) is 0 Å². The highest BCUT2D eigenvalue weighted by Crippen LogP contribution is 2.31. The summed E-state index contributed by atoms with van der Waals surface area (Å²) < 4.78 is 8.99. The lowest BCUT2D eigenvalue weighted by Gasteiger charge is -2.29. The van der Waals surface area contributed by atoms with Gasteiger partial charge in [0, 0.05) is 37.3 Å². The SMILES string of the molecule is Cc1nc(-n2cnnn2)ccc1Nc1nccn2c(C3CCN(c4nc(C(C)C)no4)CC3)nnc12. The first-order valence-electron chi connectivity index (χ1n) is 11.8. The molecule has 36 heavy (non-hydrogen) atoms. The average molecular weight is 488 g/mol. The summed E-state index contributed by atoms with van der Waals surface area (Å²) in [6.07, 6.45) is 6.98. The maximum atomic E-state index is 5.47. The zero-order valence-corrected chi connectivity index (χ0v) is 20.1. The van der Waals surface area contributed by atoms with Gasteiger partial charge in [-0.2, -0.15) is 9.67 Å². The lowest BCUT2D eigenvalue weighted by molar-refractivity contribution is 0.384. The standard InChI is InChI=1S/C22H25N13O/c1-13(2)18-27-22(36-30-18)33-9-6-15(7-10-33)20-28-29-21-19(23-8-11-34(20)21)26-16-4-5-17(25-14(16)3)35-12-24-31-32-35/h4-5,8,11-13,15H,6-7,9-10H2,1-3H3,(H,23,26). The van der Waals surface area contributed by atoms with Crippen molar-refractivity contribution in [1.29, 1.82) is 0 Å². The van der Waals surface area contributed by atoms with Gasteiger partial charge in [0.2, 0.25) is 5.65 Å². The van der Waals surface area contributed by atoms with E-state index < -0.39 is 0 Å². The van der Waals surface area contributed by atoms with Crippen molar-refractivity contribution in [2.45, 2.75) is 45.4 Å². The average Bonchev–Trinajstić information content (AvgIpc) is 3.66. The number of piperidine rings is 1. The van der Waals surface area contributed by atoms with Crippen LogP contribution in [0, 0.1) is 6.92 Å². The quantitative estimate of drug-likeness (QED) is 0.374. The summed E-state index contributed by atoms with van der Waals surface area (Å²) in [7, 11) is 0. The minimum absolute atomic E-state index is 0.238. The second kappa shape index (κ2) is 8.94. The number of hydrogen-bond acceptors (Lipinski definition) is 12. The fraction of sp³-hybridized carbons (Fsp3) is 0.409. The number of aryl methyl sites for hydroxylation is 1. The first kappa shape index (κ1) is 22.0. The Balaban J connectivity index is 1.19. The molecule has 0 radical (unpaired) electrons. The number of nitrogens with zero attached hydrogens (tertiary/aromatic N) is 12. The van der Waals surface area contributed by atoms with E-state index >= 15 is 0 Å². The molecule has 0 aromatic carbocycles. The van der Waals surface area contributed by atoms with Crippen LogP contribution in [0.5, 0.6) is 0 Å². The molecule has 14 heteroatoms. The van der Waals surface area contributed by atoms with Crippen LogP contribution in [0.2, 0.25) is 0 Å². The first-order valence-corrected chi connectivity index (χ1v) is 11.8. The van der Waals surface area contributed by atoms with E-state index in [2.05, 4.69) is 69.9 Å². The van der Waals surface area contributed by atoms with Crippen molar-refractivity contribution in [3.05, 3.63) is 48.2 Å². The molecular weight excluding hydrogens is 462 g/mol. The molecule has 1 N–H and O–H groups in total. The fourth-order valence-corrected chi connectivity index (χ4v) is 4.33. The molecule has 0 saturated carbocycles. The molecule has 1 saturated heterocycles. The molecule has 1 aliphatic rings. The van der Waals surface area contributed by atoms with E-state index in [0.29, 0.717) is 23.3 Å². The normalized spacial score (nSPS) is 14.7. The van der Waals surface area contributed by atoms with Gasteiger partial charge < -0.3 is 14.7 Å². The molecular formula is C22H25N13O. The Morgan fingerprint density at radius 2 is 1.97 bits per heavy atom. The lowest BCUT2D eigenvalue weighted by atomic mass is 9.96. The van der Waals surface area contributed by atoms with Gasteiger partial charge in [-0.15, -0.1) is 15.3 Å². The van der Waals surface area contributed by atoms with Gasteiger partial charge in [0.25, 0.3) is 0 Å². The monoisotopic (exact) mass is 487 g/mol. The van der Waals surface area contributed by atoms with E-state index in [9.17, 15) is 0 Å². The summed E-state index contributed by atoms with van der Waals surface area (Å²) in [6, 6.07) is 4.34. The summed E-state index contributed by atoms with van der Waals surface area (Å²) in [5.41, 5.74) is 2.25. The molecule has 0 spiro atoms. The van der Waals surface area contributed by atoms with Crippen LogP contribution in [0.25, 0.3) is 11.5 Å². The molecule has 1 aliphatic heterocycles. The Kier molecular flexibility index (Phi) is 5.47. The number of pyridine rings is 1. The minimum atomic E-state index is 0.238. The summed E-state index contributed by atoms with van der Waals surface area (Å²) in [4.78, 5) is 15.8. The predicted octanol–water partition coefficient (Wildman–Crippen LogP) is 2.44. The molecule has 6 heterocycles. The highest BCUT2D eigenvalue weighted by atomic mass is 16.5. The third-order valence-corrected chi connectivity index (χ3v) is 6.34. The number of aromatic nitrogens is 11. The number of hydrogen-bond donors (Lipinski definition) is 1. The molecule has 5 aromatic heterocycles. The minimum Gasteiger partial charge on any atom is -0.336 e. The van der Waals surface area contributed by atoms with Crippen molar-refractivity contribution in [2.75, 3.05) is 23.3 Å². The Labute approximate surface area is 205 Å². The van der Waals surface area contributed by atoms with E-state index in [-0.39, 0.29) is 11.8 Å². The third kappa shape index (κ3) is 3.99. The molecule has 184 valence electrons. The summed E-state index contributed by atoms with van der Waals surface area (Å²) in [6.45, 7) is 7.65. The zero-order valence-electron chi connectivity index (χ0n) is 20.1. The number of rotatable bonds is 6. The Morgan fingerprint density at radius 1 is 1.11 bits per heavy atom. The fourth-order valence-electron chi connectivity index (χ4n) is 4.33. The van der Waals surface area contributed by atoms with Crippen LogP contribution in [-0.4, -0.2) is 68.0 Å². The molecule has 5 aromatic rings. The smallest absolute Gasteiger partial charge is 0.324 e. The van der Waals surface area contributed by atoms with Gasteiger partial charge in [-0.3, -0.25) is 4.40 Å². The van der Waals surface area contributed by atoms with Crippen molar-refractivity contribution in [1.82, 2.24) is 54.9 Å². The van der Waals surface area contributed by atoms with Crippen LogP contribution in [0.4, 0.5) is 17.5 Å². The molecule has 6 rings (SSSR count). The molecule has 14 nitrogen and oxygen atoms in total.